The van der Waals surface area contributed by atoms with Crippen molar-refractivity contribution < 1.29 is 19.1 Å². The first-order chi connectivity index (χ1) is 20.7. The average Bonchev–Trinajstić information content (AvgIpc) is 3.29. The number of nitrogens with one attached hydrogen (secondary N) is 3. The molecule has 8 nitrogen and oxygen atoms in total. The Morgan fingerprint density at radius 3 is 1.98 bits per heavy atom. The highest BCUT2D eigenvalue weighted by Crippen LogP contribution is 2.46. The minimum atomic E-state index is -0.256. The van der Waals surface area contributed by atoms with E-state index in [1.165, 1.54) is 0 Å². The fraction of sp³-hybridized carbons (Fsp3) is 0.200. The molecule has 222 valence electrons. The number of anilines is 2. The van der Waals surface area contributed by atoms with Gasteiger partial charge >= 0.3 is 0 Å². The maximum absolute atomic E-state index is 13.0. The molecular weight excluding hydrogens is 540 g/mol. The highest BCUT2D eigenvalue weighted by molar-refractivity contribution is 6.09. The van der Waals surface area contributed by atoms with Crippen LogP contribution < -0.4 is 31.2 Å². The van der Waals surface area contributed by atoms with Crippen molar-refractivity contribution in [3.63, 3.8) is 0 Å². The molecule has 4 rings (SSSR count). The van der Waals surface area contributed by atoms with Gasteiger partial charge in [-0.05, 0) is 97.1 Å². The lowest BCUT2D eigenvalue weighted by atomic mass is 10.0. The zero-order valence-corrected chi connectivity index (χ0v) is 25.2. The van der Waals surface area contributed by atoms with Crippen molar-refractivity contribution in [2.45, 2.75) is 20.8 Å². The number of amides is 2. The summed E-state index contributed by atoms with van der Waals surface area (Å²) in [6.07, 6.45) is 7.03. The smallest absolute Gasteiger partial charge is 0.255 e. The highest BCUT2D eigenvalue weighted by Gasteiger charge is 2.25. The van der Waals surface area contributed by atoms with E-state index in [4.69, 9.17) is 15.2 Å². The van der Waals surface area contributed by atoms with Crippen molar-refractivity contribution in [1.82, 2.24) is 10.6 Å². The van der Waals surface area contributed by atoms with Crippen LogP contribution in [0.3, 0.4) is 0 Å². The third kappa shape index (κ3) is 7.74. The summed E-state index contributed by atoms with van der Waals surface area (Å²) in [5.41, 5.74) is 14.1. The van der Waals surface area contributed by atoms with Gasteiger partial charge in [-0.1, -0.05) is 35.9 Å². The third-order valence-electron chi connectivity index (χ3n) is 6.86. The second-order valence-electron chi connectivity index (χ2n) is 10.3. The number of nitrogens with two attached hydrogens (primary N) is 1. The molecule has 5 N–H and O–H groups in total. The quantitative estimate of drug-likeness (QED) is 0.0770. The number of benzene rings is 3. The Morgan fingerprint density at radius 2 is 1.40 bits per heavy atom. The summed E-state index contributed by atoms with van der Waals surface area (Å²) in [5.74, 6) is 0.985. The molecule has 2 amide bonds. The summed E-state index contributed by atoms with van der Waals surface area (Å²) in [4.78, 5) is 25.9. The summed E-state index contributed by atoms with van der Waals surface area (Å²) in [6.45, 7) is 6.68. The predicted molar refractivity (Wildman–Crippen MR) is 174 cm³/mol. The number of rotatable bonds is 11. The zero-order valence-electron chi connectivity index (χ0n) is 25.2. The molecule has 0 aromatic heterocycles. The fourth-order valence-corrected chi connectivity index (χ4v) is 4.72. The Labute approximate surface area is 253 Å². The van der Waals surface area contributed by atoms with Crippen LogP contribution in [0, 0.1) is 0 Å². The first-order valence-electron chi connectivity index (χ1n) is 14.0. The molecule has 0 saturated carbocycles. The minimum absolute atomic E-state index is 0.203. The van der Waals surface area contributed by atoms with Crippen LogP contribution in [0.4, 0.5) is 11.4 Å². The van der Waals surface area contributed by atoms with Crippen molar-refractivity contribution in [1.29, 1.82) is 0 Å². The van der Waals surface area contributed by atoms with E-state index in [1.54, 1.807) is 38.5 Å². The Hall–Kier alpha value is -5.24. The number of hydrogen-bond acceptors (Lipinski definition) is 6. The number of ether oxygens (including phenoxy) is 2. The number of carbonyl (C=O) groups is 2. The summed E-state index contributed by atoms with van der Waals surface area (Å²) >= 11 is 0. The van der Waals surface area contributed by atoms with Crippen molar-refractivity contribution in [3.8, 4) is 22.6 Å². The SMILES string of the molecule is COc1ccc2c(c1)C(=CC(=O)NCCN/C(C)=C/C=C(\C=C(C)C)C(=O)Nc1ccccc1N)c1cc(OC)ccc1-2. The van der Waals surface area contributed by atoms with Crippen LogP contribution in [-0.2, 0) is 9.59 Å². The number of methoxy groups -OCH3 is 2. The van der Waals surface area contributed by atoms with Crippen LogP contribution >= 0.6 is 0 Å². The Kier molecular flexibility index (Phi) is 10.1. The number of carbonyl (C=O) groups excluding carboxylic acids is 2. The Bertz CT molecular complexity index is 1590. The molecule has 43 heavy (non-hydrogen) atoms. The van der Waals surface area contributed by atoms with E-state index in [1.807, 2.05) is 81.5 Å². The lowest BCUT2D eigenvalue weighted by Crippen LogP contribution is -2.30. The zero-order chi connectivity index (χ0) is 30.9. The van der Waals surface area contributed by atoms with Crippen molar-refractivity contribution in [2.75, 3.05) is 38.4 Å². The second-order valence-corrected chi connectivity index (χ2v) is 10.3. The fourth-order valence-electron chi connectivity index (χ4n) is 4.72. The molecule has 8 heteroatoms. The number of para-hydroxylation sites is 2. The van der Waals surface area contributed by atoms with E-state index in [0.29, 0.717) is 30.0 Å². The monoisotopic (exact) mass is 578 g/mol. The van der Waals surface area contributed by atoms with E-state index in [0.717, 1.165) is 50.6 Å². The summed E-state index contributed by atoms with van der Waals surface area (Å²) < 4.78 is 10.9. The standard InChI is InChI=1S/C35H38N4O4/c1-22(2)18-24(35(41)39-33-9-7-6-8-32(33)36)11-10-23(3)37-16-17-38-34(40)21-31-29-19-25(42-4)12-14-27(29)28-15-13-26(43-5)20-30(28)31/h6-15,18-21,37H,16-17,36H2,1-5H3,(H,38,40)(H,39,41)/b23-10+,24-11+. The van der Waals surface area contributed by atoms with Gasteiger partial charge in [0.1, 0.15) is 11.5 Å². The molecule has 0 radical (unpaired) electrons. The molecule has 0 spiro atoms. The van der Waals surface area contributed by atoms with Gasteiger partial charge in [-0.15, -0.1) is 0 Å². The molecule has 0 heterocycles. The van der Waals surface area contributed by atoms with Gasteiger partial charge in [0.25, 0.3) is 5.91 Å². The molecule has 3 aromatic rings. The second kappa shape index (κ2) is 14.1. The molecule has 0 aliphatic heterocycles. The van der Waals surface area contributed by atoms with Gasteiger partial charge in [0.2, 0.25) is 5.91 Å². The lowest BCUT2D eigenvalue weighted by molar-refractivity contribution is -0.116. The van der Waals surface area contributed by atoms with Crippen molar-refractivity contribution in [2.24, 2.45) is 0 Å². The van der Waals surface area contributed by atoms with Crippen LogP contribution in [-0.4, -0.2) is 39.1 Å². The van der Waals surface area contributed by atoms with Crippen LogP contribution in [0.2, 0.25) is 0 Å². The molecule has 1 aliphatic carbocycles. The maximum Gasteiger partial charge on any atom is 0.255 e. The van der Waals surface area contributed by atoms with Crippen molar-refractivity contribution >= 4 is 28.8 Å². The topological polar surface area (TPSA) is 115 Å². The molecule has 0 atom stereocenters. The normalized spacial score (nSPS) is 12.1. The Morgan fingerprint density at radius 1 is 0.791 bits per heavy atom. The largest absolute Gasteiger partial charge is 0.497 e. The highest BCUT2D eigenvalue weighted by atomic mass is 16.5. The molecule has 1 aliphatic rings. The van der Waals surface area contributed by atoms with Gasteiger partial charge in [-0.25, -0.2) is 0 Å². The van der Waals surface area contributed by atoms with E-state index < -0.39 is 0 Å². The number of fused-ring (bicyclic) bond motifs is 3. The maximum atomic E-state index is 13.0. The van der Waals surface area contributed by atoms with Crippen LogP contribution in [0.1, 0.15) is 31.9 Å². The van der Waals surface area contributed by atoms with Crippen molar-refractivity contribution in [3.05, 3.63) is 113 Å². The van der Waals surface area contributed by atoms with E-state index in [-0.39, 0.29) is 11.8 Å². The first kappa shape index (κ1) is 30.7. The summed E-state index contributed by atoms with van der Waals surface area (Å²) in [5, 5.41) is 9.10. The van der Waals surface area contributed by atoms with E-state index >= 15 is 0 Å². The molecule has 0 unspecified atom stereocenters. The molecular formula is C35H38N4O4. The number of hydrogen-bond donors (Lipinski definition) is 4. The van der Waals surface area contributed by atoms with Gasteiger partial charge < -0.3 is 31.2 Å². The van der Waals surface area contributed by atoms with Gasteiger partial charge in [-0.3, -0.25) is 9.59 Å². The average molecular weight is 579 g/mol. The van der Waals surface area contributed by atoms with Crippen LogP contribution in [0.5, 0.6) is 11.5 Å². The minimum Gasteiger partial charge on any atom is -0.497 e. The van der Waals surface area contributed by atoms with Gasteiger partial charge in [-0.2, -0.15) is 0 Å². The molecule has 0 saturated heterocycles. The molecule has 3 aromatic carbocycles. The van der Waals surface area contributed by atoms with E-state index in [2.05, 4.69) is 16.0 Å². The van der Waals surface area contributed by atoms with Gasteiger partial charge in [0.05, 0.1) is 25.6 Å². The number of allylic oxidation sites excluding steroid dienone is 4. The number of nitrogen functional groups attached to an aromatic ring is 1. The Balaban J connectivity index is 1.40. The summed E-state index contributed by atoms with van der Waals surface area (Å²) in [6, 6.07) is 18.9. The van der Waals surface area contributed by atoms with Crippen LogP contribution in [0.15, 0.2) is 102 Å². The predicted octanol–water partition coefficient (Wildman–Crippen LogP) is 5.84. The lowest BCUT2D eigenvalue weighted by Gasteiger charge is -2.10. The molecule has 0 bridgehead atoms. The first-order valence-corrected chi connectivity index (χ1v) is 14.0. The summed E-state index contributed by atoms with van der Waals surface area (Å²) in [7, 11) is 3.25. The van der Waals surface area contributed by atoms with Gasteiger partial charge in [0.15, 0.2) is 0 Å². The van der Waals surface area contributed by atoms with Gasteiger partial charge in [0, 0.05) is 30.4 Å². The molecule has 0 fully saturated rings. The van der Waals surface area contributed by atoms with Crippen LogP contribution in [0.25, 0.3) is 16.7 Å². The van der Waals surface area contributed by atoms with E-state index in [9.17, 15) is 9.59 Å². The third-order valence-corrected chi connectivity index (χ3v) is 6.86.